The van der Waals surface area contributed by atoms with Gasteiger partial charge in [0.25, 0.3) is 0 Å². The van der Waals surface area contributed by atoms with Gasteiger partial charge in [-0.2, -0.15) is 14.9 Å². The Hall–Kier alpha value is -6.40. The number of carbonyl (C=O) groups is 1. The number of para-hydroxylation sites is 4. The molecule has 0 saturated carbocycles. The molecule has 0 fully saturated rings. The summed E-state index contributed by atoms with van der Waals surface area (Å²) in [5.74, 6) is -0.312. The molecule has 0 saturated heterocycles. The summed E-state index contributed by atoms with van der Waals surface area (Å²) < 4.78 is 12.8. The number of aliphatic hydroxyl groups is 1. The van der Waals surface area contributed by atoms with Gasteiger partial charge in [-0.25, -0.2) is 9.48 Å². The van der Waals surface area contributed by atoms with Gasteiger partial charge in [0.05, 0.1) is 48.5 Å². The van der Waals surface area contributed by atoms with Crippen LogP contribution in [0, 0.1) is 0 Å². The molecule has 278 valence electrons. The summed E-state index contributed by atoms with van der Waals surface area (Å²) in [6.07, 6.45) is 3.40. The number of esters is 1. The second kappa shape index (κ2) is 18.9. The smallest absolute Gasteiger partial charge is 0.359 e. The Morgan fingerprint density at radius 1 is 0.722 bits per heavy atom. The minimum atomic E-state index is -0.691. The molecule has 6 rings (SSSR count). The predicted octanol–water partition coefficient (Wildman–Crippen LogP) is 6.31. The molecule has 0 amide bonds. The van der Waals surface area contributed by atoms with Crippen molar-refractivity contribution in [1.29, 1.82) is 0 Å². The molecule has 5 N–H and O–H groups in total. The average molecular weight is 771 g/mol. The molecule has 0 spiro atoms. The molecule has 6 aromatic rings. The second-order valence-corrected chi connectivity index (χ2v) is 11.2. The predicted molar refractivity (Wildman–Crippen MR) is 199 cm³/mol. The summed E-state index contributed by atoms with van der Waals surface area (Å²) >= 11 is 0. The number of aliphatic hydroxyl groups excluding tert-OH is 1. The van der Waals surface area contributed by atoms with E-state index in [9.17, 15) is 25.2 Å². The number of aliphatic imine (C=N–C) groups is 2. The van der Waals surface area contributed by atoms with Gasteiger partial charge in [0.15, 0.2) is 5.69 Å². The first-order valence-electron chi connectivity index (χ1n) is 16.5. The van der Waals surface area contributed by atoms with Gasteiger partial charge in [0.1, 0.15) is 28.6 Å². The maximum Gasteiger partial charge on any atom is 0.359 e. The van der Waals surface area contributed by atoms with Crippen molar-refractivity contribution in [3.05, 3.63) is 125 Å². The number of phenolic OH excluding ortho intramolecular Hbond substituents is 2. The first kappa shape index (κ1) is 40.4. The van der Waals surface area contributed by atoms with Crippen molar-refractivity contribution in [2.24, 2.45) is 9.98 Å². The molecular weight excluding hydrogens is 732 g/mol. The van der Waals surface area contributed by atoms with Crippen LogP contribution in [0.4, 0.5) is 11.4 Å². The van der Waals surface area contributed by atoms with Gasteiger partial charge < -0.3 is 35.0 Å². The number of carbonyl (C=O) groups excluding carboxylic acids is 1. The number of aromatic nitrogens is 4. The van der Waals surface area contributed by atoms with Crippen LogP contribution in [-0.4, -0.2) is 77.2 Å². The largest absolute Gasteiger partial charge is 0.506 e. The van der Waals surface area contributed by atoms with Gasteiger partial charge in [-0.1, -0.05) is 43.3 Å². The number of hydrogen-bond acceptors (Lipinski definition) is 12. The number of phenols is 2. The maximum absolute atomic E-state index is 12.3. The van der Waals surface area contributed by atoms with E-state index in [0.717, 1.165) is 5.56 Å². The molecule has 0 aliphatic rings. The van der Waals surface area contributed by atoms with Gasteiger partial charge in [0.2, 0.25) is 11.8 Å². The van der Waals surface area contributed by atoms with E-state index in [-0.39, 0.29) is 70.8 Å². The molecule has 2 heterocycles. The van der Waals surface area contributed by atoms with Crippen LogP contribution in [0.1, 0.15) is 46.7 Å². The van der Waals surface area contributed by atoms with E-state index in [1.54, 1.807) is 105 Å². The van der Waals surface area contributed by atoms with Crippen LogP contribution >= 0.6 is 0 Å². The van der Waals surface area contributed by atoms with E-state index in [1.165, 1.54) is 27.9 Å². The Morgan fingerprint density at radius 3 is 1.72 bits per heavy atom. The number of nitrogens with zero attached hydrogens (tertiary/aromatic N) is 6. The fraction of sp³-hybridized carbons (Fsp3) is 0.154. The quantitative estimate of drug-likeness (QED) is 0.0736. The van der Waals surface area contributed by atoms with Gasteiger partial charge in [0, 0.05) is 29.8 Å². The van der Waals surface area contributed by atoms with E-state index in [0.29, 0.717) is 40.5 Å². The number of hydrogen-bond donors (Lipinski definition) is 5. The maximum atomic E-state index is 12.3. The molecule has 0 bridgehead atoms. The molecule has 14 nitrogen and oxygen atoms in total. The number of rotatable bonds is 11. The second-order valence-electron chi connectivity index (χ2n) is 11.2. The Balaban J connectivity index is 0.000000238. The van der Waals surface area contributed by atoms with Crippen LogP contribution in [0.3, 0.4) is 0 Å². The Labute approximate surface area is 321 Å². The van der Waals surface area contributed by atoms with E-state index in [1.807, 2.05) is 6.92 Å². The summed E-state index contributed by atoms with van der Waals surface area (Å²) in [5.41, 5.74) is 3.90. The van der Waals surface area contributed by atoms with E-state index in [2.05, 4.69) is 20.2 Å². The molecule has 0 unspecified atom stereocenters. The number of ether oxygens (including phenoxy) is 2. The zero-order valence-electron chi connectivity index (χ0n) is 29.6. The first-order chi connectivity index (χ1) is 25.7. The third-order valence-corrected chi connectivity index (χ3v) is 7.78. The van der Waals surface area contributed by atoms with Crippen LogP contribution in [0.15, 0.2) is 107 Å². The summed E-state index contributed by atoms with van der Waals surface area (Å²) in [4.78, 5) is 20.7. The minimum Gasteiger partial charge on any atom is -0.506 e. The SMILES string of the molecule is CCOC(=O)c1nn(-c2ccc(OC)cc2)c(O)c1C=Nc1ccccc1O.CCc1nn(-c2ccc(CO)cc2)c(O)c1C=Nc1ccccc1O.[Cr]. The normalized spacial score (nSPS) is 10.9. The summed E-state index contributed by atoms with van der Waals surface area (Å²) in [6, 6.07) is 27.1. The summed E-state index contributed by atoms with van der Waals surface area (Å²) in [6.45, 7) is 3.74. The van der Waals surface area contributed by atoms with Crippen molar-refractivity contribution >= 4 is 29.8 Å². The first-order valence-corrected chi connectivity index (χ1v) is 16.5. The molecule has 0 atom stereocenters. The Kier molecular flexibility index (Phi) is 14.1. The molecule has 15 heteroatoms. The van der Waals surface area contributed by atoms with Crippen molar-refractivity contribution < 1.29 is 57.2 Å². The number of aromatic hydroxyl groups is 4. The molecule has 4 aromatic carbocycles. The number of aryl methyl sites for hydroxylation is 1. The van der Waals surface area contributed by atoms with Crippen molar-refractivity contribution in [1.82, 2.24) is 19.6 Å². The Morgan fingerprint density at radius 2 is 1.22 bits per heavy atom. The summed E-state index contributed by atoms with van der Waals surface area (Å²) in [5, 5.41) is 58.6. The van der Waals surface area contributed by atoms with E-state index in [4.69, 9.17) is 14.6 Å². The monoisotopic (exact) mass is 770 g/mol. The van der Waals surface area contributed by atoms with E-state index >= 15 is 0 Å². The minimum absolute atomic E-state index is 0. The fourth-order valence-corrected chi connectivity index (χ4v) is 4.99. The van der Waals surface area contributed by atoms with Crippen LogP contribution in [0.25, 0.3) is 11.4 Å². The zero-order chi connectivity index (χ0) is 37.9. The fourth-order valence-electron chi connectivity index (χ4n) is 4.99. The topological polar surface area (TPSA) is 197 Å². The third kappa shape index (κ3) is 9.33. The van der Waals surface area contributed by atoms with E-state index < -0.39 is 5.97 Å². The van der Waals surface area contributed by atoms with Crippen molar-refractivity contribution in [2.45, 2.75) is 26.9 Å². The molecular formula is C39H38CrN6O8. The molecule has 0 aliphatic carbocycles. The van der Waals surface area contributed by atoms with Gasteiger partial charge in [-0.3, -0.25) is 9.98 Å². The van der Waals surface area contributed by atoms with Crippen LogP contribution in [0.5, 0.6) is 29.0 Å². The standard InChI is InChI=1S/C20H19N3O5.C19H19N3O3.Cr/c1-3-28-20(26)18-15(12-21-16-6-4-5-7-17(16)24)19(25)23(22-18)13-8-10-14(27-2)11-9-13;1-2-16-15(11-20-17-5-3-4-6-18(17)24)19(25)22(21-16)14-9-7-13(12-23)8-10-14;/h4-12,24-25H,3H2,1-2H3;3-11,23-25H,2,12H2,1H3;. The third-order valence-electron chi connectivity index (χ3n) is 7.78. The zero-order valence-corrected chi connectivity index (χ0v) is 30.8. The van der Waals surface area contributed by atoms with Gasteiger partial charge >= 0.3 is 5.97 Å². The average Bonchev–Trinajstić information content (AvgIpc) is 3.69. The molecule has 2 aromatic heterocycles. The van der Waals surface area contributed by atoms with Crippen LogP contribution in [0.2, 0.25) is 0 Å². The molecule has 54 heavy (non-hydrogen) atoms. The van der Waals surface area contributed by atoms with Crippen LogP contribution < -0.4 is 4.74 Å². The number of methoxy groups -OCH3 is 1. The molecule has 0 radical (unpaired) electrons. The summed E-state index contributed by atoms with van der Waals surface area (Å²) in [7, 11) is 1.55. The van der Waals surface area contributed by atoms with Gasteiger partial charge in [-0.15, -0.1) is 0 Å². The van der Waals surface area contributed by atoms with Crippen LogP contribution in [-0.2, 0) is 35.1 Å². The van der Waals surface area contributed by atoms with Gasteiger partial charge in [-0.05, 0) is 79.6 Å². The number of benzene rings is 4. The van der Waals surface area contributed by atoms with Crippen molar-refractivity contribution in [2.75, 3.05) is 13.7 Å². The van der Waals surface area contributed by atoms with Crippen molar-refractivity contribution in [3.63, 3.8) is 0 Å². The molecule has 0 aliphatic heterocycles. The Bertz CT molecular complexity index is 2230. The van der Waals surface area contributed by atoms with Crippen molar-refractivity contribution in [3.8, 4) is 40.4 Å².